The third kappa shape index (κ3) is 5.54. The van der Waals surface area contributed by atoms with E-state index in [2.05, 4.69) is 29.6 Å². The Labute approximate surface area is 130 Å². The molecule has 1 N–H and O–H groups in total. The van der Waals surface area contributed by atoms with E-state index in [-0.39, 0.29) is 0 Å². The Morgan fingerprint density at radius 2 is 2.05 bits per heavy atom. The second kappa shape index (κ2) is 9.82. The third-order valence-corrected chi connectivity index (χ3v) is 2.98. The number of aromatic nitrogens is 1. The van der Waals surface area contributed by atoms with Crippen molar-refractivity contribution in [1.29, 1.82) is 0 Å². The van der Waals surface area contributed by atoms with Crippen molar-refractivity contribution in [3.63, 3.8) is 0 Å². The van der Waals surface area contributed by atoms with Crippen LogP contribution in [0.25, 0.3) is 0 Å². The summed E-state index contributed by atoms with van der Waals surface area (Å²) in [6, 6.07) is 9.10. The zero-order valence-electron chi connectivity index (χ0n) is 12.7. The van der Waals surface area contributed by atoms with Crippen molar-refractivity contribution in [3.05, 3.63) is 53.7 Å². The van der Waals surface area contributed by atoms with Crippen LogP contribution in [0.3, 0.4) is 0 Å². The second-order valence-electron chi connectivity index (χ2n) is 4.67. The van der Waals surface area contributed by atoms with Gasteiger partial charge in [0, 0.05) is 12.6 Å². The van der Waals surface area contributed by atoms with Crippen LogP contribution in [0.15, 0.2) is 40.9 Å². The van der Waals surface area contributed by atoms with Gasteiger partial charge in [0.15, 0.2) is 6.10 Å². The van der Waals surface area contributed by atoms with Gasteiger partial charge in [0.1, 0.15) is 11.5 Å². The summed E-state index contributed by atoms with van der Waals surface area (Å²) in [5.41, 5.74) is 0.606. The SMILES string of the molecule is CCc1ccc(C(O)c2ccccn2)o1.[Li][CH2]CCC. The van der Waals surface area contributed by atoms with Gasteiger partial charge in [0.2, 0.25) is 0 Å². The fourth-order valence-corrected chi connectivity index (χ4v) is 1.77. The van der Waals surface area contributed by atoms with Gasteiger partial charge in [-0.25, -0.2) is 0 Å². The summed E-state index contributed by atoms with van der Waals surface area (Å²) < 4.78 is 5.46. The average Bonchev–Trinajstić information content (AvgIpc) is 2.98. The van der Waals surface area contributed by atoms with Crippen LogP contribution in [0.1, 0.15) is 50.0 Å². The number of furan rings is 1. The van der Waals surface area contributed by atoms with E-state index >= 15 is 0 Å². The van der Waals surface area contributed by atoms with Crippen molar-refractivity contribution in [2.75, 3.05) is 0 Å². The van der Waals surface area contributed by atoms with E-state index in [1.165, 1.54) is 17.9 Å². The van der Waals surface area contributed by atoms with Gasteiger partial charge in [-0.1, -0.05) is 13.0 Å². The minimum absolute atomic E-state index is 0.547. The average molecular weight is 267 g/mol. The molecule has 0 aliphatic heterocycles. The molecule has 4 heteroatoms. The molecule has 0 fully saturated rings. The van der Waals surface area contributed by atoms with Crippen molar-refractivity contribution in [3.8, 4) is 0 Å². The number of hydrogen-bond donors (Lipinski definition) is 1. The van der Waals surface area contributed by atoms with Gasteiger partial charge in [-0.2, -0.15) is 0 Å². The summed E-state index contributed by atoms with van der Waals surface area (Å²) in [6.45, 7) is 4.22. The van der Waals surface area contributed by atoms with E-state index < -0.39 is 6.10 Å². The van der Waals surface area contributed by atoms with Gasteiger partial charge in [-0.05, 0) is 24.3 Å². The summed E-state index contributed by atoms with van der Waals surface area (Å²) in [5.74, 6) is 1.42. The molecule has 20 heavy (non-hydrogen) atoms. The minimum atomic E-state index is -0.772. The first-order chi connectivity index (χ1) is 9.72. The summed E-state index contributed by atoms with van der Waals surface area (Å²) in [7, 11) is 0. The van der Waals surface area contributed by atoms with E-state index in [1.54, 1.807) is 18.3 Å². The first kappa shape index (κ1) is 17.0. The van der Waals surface area contributed by atoms with Crippen molar-refractivity contribution in [1.82, 2.24) is 4.98 Å². The monoisotopic (exact) mass is 267 g/mol. The van der Waals surface area contributed by atoms with E-state index in [1.807, 2.05) is 25.1 Å². The summed E-state index contributed by atoms with van der Waals surface area (Å²) >= 11 is 2.21. The molecule has 0 aliphatic rings. The van der Waals surface area contributed by atoms with E-state index in [0.717, 1.165) is 12.2 Å². The van der Waals surface area contributed by atoms with Crippen LogP contribution in [0, 0.1) is 0 Å². The Morgan fingerprint density at radius 1 is 1.25 bits per heavy atom. The molecule has 2 aromatic rings. The number of aryl methyl sites for hydroxylation is 1. The van der Waals surface area contributed by atoms with Crippen molar-refractivity contribution < 1.29 is 9.52 Å². The zero-order valence-corrected chi connectivity index (χ0v) is 12.7. The molecule has 0 radical (unpaired) electrons. The Balaban J connectivity index is 0.000000347. The molecule has 2 rings (SSSR count). The predicted molar refractivity (Wildman–Crippen MR) is 81.9 cm³/mol. The van der Waals surface area contributed by atoms with Crippen molar-refractivity contribution >= 4 is 17.7 Å². The summed E-state index contributed by atoms with van der Waals surface area (Å²) in [4.78, 5) is 4.08. The molecule has 2 aromatic heterocycles. The van der Waals surface area contributed by atoms with Crippen LogP contribution in [0.5, 0.6) is 0 Å². The Morgan fingerprint density at radius 3 is 2.50 bits per heavy atom. The van der Waals surface area contributed by atoms with Crippen LogP contribution in [-0.2, 0) is 6.42 Å². The molecule has 0 saturated heterocycles. The molecule has 1 unspecified atom stereocenters. The molecule has 0 amide bonds. The predicted octanol–water partition coefficient (Wildman–Crippen LogP) is 3.69. The Hall–Kier alpha value is -1.01. The molecule has 0 spiro atoms. The van der Waals surface area contributed by atoms with E-state index in [9.17, 15) is 5.11 Å². The topological polar surface area (TPSA) is 46.3 Å². The van der Waals surface area contributed by atoms with Crippen LogP contribution in [-0.4, -0.2) is 27.8 Å². The molecular formula is C16H22LiNO2. The van der Waals surface area contributed by atoms with Crippen LogP contribution >= 0.6 is 0 Å². The number of aliphatic hydroxyl groups excluding tert-OH is 1. The maximum atomic E-state index is 9.94. The number of nitrogens with zero attached hydrogens (tertiary/aromatic N) is 1. The van der Waals surface area contributed by atoms with Gasteiger partial charge < -0.3 is 9.52 Å². The molecule has 0 aliphatic carbocycles. The van der Waals surface area contributed by atoms with Crippen LogP contribution < -0.4 is 0 Å². The standard InChI is InChI=1S/C12H13NO2.C4H9.Li/c1-2-9-6-7-11(15-9)12(14)10-5-3-4-8-13-10;1-3-4-2;/h3-8,12,14H,2H2,1H3;1,3-4H2,2H3;. The quantitative estimate of drug-likeness (QED) is 0.840. The van der Waals surface area contributed by atoms with E-state index in [0.29, 0.717) is 11.5 Å². The number of unbranched alkanes of at least 4 members (excludes halogenated alkanes) is 1. The van der Waals surface area contributed by atoms with Gasteiger partial charge in [0.05, 0.1) is 5.69 Å². The number of pyridine rings is 1. The van der Waals surface area contributed by atoms with Gasteiger partial charge in [-0.15, -0.1) is 0 Å². The second-order valence-corrected chi connectivity index (χ2v) is 4.67. The molecule has 0 saturated carbocycles. The molecule has 2 heterocycles. The van der Waals surface area contributed by atoms with Crippen LogP contribution in [0.2, 0.25) is 5.09 Å². The number of aliphatic hydroxyl groups is 1. The van der Waals surface area contributed by atoms with Gasteiger partial charge in [-0.3, -0.25) is 4.98 Å². The van der Waals surface area contributed by atoms with Gasteiger partial charge in [0.25, 0.3) is 0 Å². The molecule has 104 valence electrons. The molecule has 0 bridgehead atoms. The van der Waals surface area contributed by atoms with Crippen molar-refractivity contribution in [2.45, 2.75) is 44.3 Å². The normalized spacial score (nSPS) is 11.7. The summed E-state index contributed by atoms with van der Waals surface area (Å²) in [5, 5.41) is 11.3. The fraction of sp³-hybridized carbons (Fsp3) is 0.438. The number of rotatable bonds is 5. The Bertz CT molecular complexity index is 468. The number of hydrogen-bond acceptors (Lipinski definition) is 3. The van der Waals surface area contributed by atoms with Gasteiger partial charge >= 0.3 is 42.6 Å². The first-order valence-corrected chi connectivity index (χ1v) is 7.40. The third-order valence-electron chi connectivity index (χ3n) is 2.98. The van der Waals surface area contributed by atoms with Crippen molar-refractivity contribution in [2.24, 2.45) is 0 Å². The molecule has 1 atom stereocenters. The molecule has 3 nitrogen and oxygen atoms in total. The fourth-order valence-electron chi connectivity index (χ4n) is 1.77. The van der Waals surface area contributed by atoms with E-state index in [4.69, 9.17) is 4.42 Å². The maximum absolute atomic E-state index is 9.94. The van der Waals surface area contributed by atoms with Crippen LogP contribution in [0.4, 0.5) is 0 Å². The first-order valence-electron chi connectivity index (χ1n) is 7.40. The molecule has 0 aromatic carbocycles. The summed E-state index contributed by atoms with van der Waals surface area (Å²) in [6.07, 6.45) is 4.44. The zero-order chi connectivity index (χ0) is 14.8. The Kier molecular flexibility index (Phi) is 8.37. The molecular weight excluding hydrogens is 245 g/mol.